The van der Waals surface area contributed by atoms with Crippen molar-refractivity contribution in [2.45, 2.75) is 51.0 Å². The van der Waals surface area contributed by atoms with Gasteiger partial charge in [0.25, 0.3) is 0 Å². The molecule has 0 radical (unpaired) electrons. The van der Waals surface area contributed by atoms with E-state index in [0.717, 1.165) is 0 Å². The summed E-state index contributed by atoms with van der Waals surface area (Å²) in [5.41, 5.74) is 2.16. The molecule has 0 saturated heterocycles. The van der Waals surface area contributed by atoms with E-state index in [1.165, 1.54) is 12.1 Å². The highest BCUT2D eigenvalue weighted by Crippen LogP contribution is 2.51. The number of hydrogen-bond acceptors (Lipinski definition) is 4. The maximum absolute atomic E-state index is 13.7. The third-order valence-corrected chi connectivity index (χ3v) is 6.76. The van der Waals surface area contributed by atoms with Crippen molar-refractivity contribution >= 4 is 34.8 Å². The molecule has 0 bridgehead atoms. The van der Waals surface area contributed by atoms with Gasteiger partial charge >= 0.3 is 0 Å². The van der Waals surface area contributed by atoms with Crippen LogP contribution in [-0.2, 0) is 20.9 Å². The molecule has 0 spiro atoms. The molecule has 0 unspecified atom stereocenters. The summed E-state index contributed by atoms with van der Waals surface area (Å²) < 4.78 is 25.8. The average Bonchev–Trinajstić information content (AvgIpc) is 2.77. The molecule has 33 heavy (non-hydrogen) atoms. The molecule has 2 aliphatic carbocycles. The number of carbonyl (C=O) groups excluding carboxylic acids is 2. The van der Waals surface area contributed by atoms with Crippen molar-refractivity contribution in [3.63, 3.8) is 0 Å². The number of allylic oxidation sites excluding steroid dienone is 4. The molecule has 7 heteroatoms. The Morgan fingerprint density at radius 2 is 1.61 bits per heavy atom. The van der Waals surface area contributed by atoms with Crippen molar-refractivity contribution in [3.05, 3.63) is 86.1 Å². The van der Waals surface area contributed by atoms with Crippen LogP contribution in [0.1, 0.15) is 55.6 Å². The van der Waals surface area contributed by atoms with Crippen molar-refractivity contribution in [1.29, 1.82) is 0 Å². The van der Waals surface area contributed by atoms with E-state index in [4.69, 9.17) is 32.7 Å². The van der Waals surface area contributed by atoms with Gasteiger partial charge < -0.3 is 9.47 Å². The molecule has 2 aromatic carbocycles. The number of ether oxygens (including phenoxy) is 2. The van der Waals surface area contributed by atoms with E-state index in [2.05, 4.69) is 0 Å². The predicted molar refractivity (Wildman–Crippen MR) is 123 cm³/mol. The molecule has 0 aromatic heterocycles. The molecule has 0 fully saturated rings. The number of carbonyl (C=O) groups is 2. The summed E-state index contributed by atoms with van der Waals surface area (Å²) >= 11 is 12.9. The zero-order chi connectivity index (χ0) is 23.1. The first-order chi connectivity index (χ1) is 15.9. The summed E-state index contributed by atoms with van der Waals surface area (Å²) in [5.74, 6) is 0.467. The Morgan fingerprint density at radius 3 is 2.24 bits per heavy atom. The van der Waals surface area contributed by atoms with Gasteiger partial charge in [-0.15, -0.1) is 0 Å². The summed E-state index contributed by atoms with van der Waals surface area (Å²) in [6, 6.07) is 9.35. The molecule has 0 atom stereocenters. The van der Waals surface area contributed by atoms with Crippen LogP contribution in [0.3, 0.4) is 0 Å². The molecule has 3 aliphatic rings. The maximum atomic E-state index is 13.7. The molecule has 1 heterocycles. The molecule has 170 valence electrons. The van der Waals surface area contributed by atoms with Gasteiger partial charge in [0, 0.05) is 47.4 Å². The number of ketones is 2. The molecule has 5 rings (SSSR count). The van der Waals surface area contributed by atoms with Crippen LogP contribution in [0.2, 0.25) is 10.0 Å². The highest BCUT2D eigenvalue weighted by molar-refractivity contribution is 6.35. The second kappa shape index (κ2) is 8.96. The zero-order valence-corrected chi connectivity index (χ0v) is 19.3. The maximum Gasteiger partial charge on any atom is 0.163 e. The summed E-state index contributed by atoms with van der Waals surface area (Å²) in [4.78, 5) is 26.1. The SMILES string of the molecule is O=C1CCCC2=C1C(c1cc(Cl)cc(Cl)c1OCc1cccc(F)c1)C1=C(CCCC1=O)O2. The van der Waals surface area contributed by atoms with E-state index in [-0.39, 0.29) is 29.0 Å². The fraction of sp³-hybridized carbons (Fsp3) is 0.308. The summed E-state index contributed by atoms with van der Waals surface area (Å²) in [6.07, 6.45) is 3.47. The molecular weight excluding hydrogens is 466 g/mol. The van der Waals surface area contributed by atoms with Gasteiger partial charge in [0.2, 0.25) is 0 Å². The minimum atomic E-state index is -0.650. The monoisotopic (exact) mass is 486 g/mol. The molecule has 0 amide bonds. The third-order valence-electron chi connectivity index (χ3n) is 6.26. The Kier molecular flexibility index (Phi) is 6.02. The van der Waals surface area contributed by atoms with E-state index in [1.807, 2.05) is 0 Å². The van der Waals surface area contributed by atoms with Crippen LogP contribution >= 0.6 is 23.2 Å². The van der Waals surface area contributed by atoms with Gasteiger partial charge in [-0.25, -0.2) is 4.39 Å². The highest BCUT2D eigenvalue weighted by atomic mass is 35.5. The van der Waals surface area contributed by atoms with Crippen LogP contribution in [-0.4, -0.2) is 11.6 Å². The van der Waals surface area contributed by atoms with Crippen LogP contribution in [0.4, 0.5) is 4.39 Å². The van der Waals surface area contributed by atoms with Gasteiger partial charge in [-0.1, -0.05) is 35.3 Å². The Bertz CT molecular complexity index is 1190. The molecule has 2 aromatic rings. The van der Waals surface area contributed by atoms with E-state index in [0.29, 0.717) is 83.1 Å². The molecular formula is C26H21Cl2FO4. The molecule has 0 N–H and O–H groups in total. The Labute approximate surface area is 201 Å². The smallest absolute Gasteiger partial charge is 0.163 e. The second-order valence-electron chi connectivity index (χ2n) is 8.49. The predicted octanol–water partition coefficient (Wildman–Crippen LogP) is 6.84. The summed E-state index contributed by atoms with van der Waals surface area (Å²) in [7, 11) is 0. The Hall–Kier alpha value is -2.63. The van der Waals surface area contributed by atoms with E-state index in [9.17, 15) is 14.0 Å². The van der Waals surface area contributed by atoms with Gasteiger partial charge in [0.15, 0.2) is 11.6 Å². The lowest BCUT2D eigenvalue weighted by Crippen LogP contribution is -2.30. The minimum Gasteiger partial charge on any atom is -0.487 e. The standard InChI is InChI=1S/C26H21Cl2FO4/c27-15-11-17(26(18(28)12-15)32-13-14-4-1-5-16(29)10-14)23-24-19(30)6-2-8-21(24)33-22-9-3-7-20(31)25(22)23/h1,4-5,10-12,23H,2-3,6-9,13H2. The van der Waals surface area contributed by atoms with Crippen LogP contribution < -0.4 is 4.74 Å². The molecule has 0 saturated carbocycles. The van der Waals surface area contributed by atoms with Gasteiger partial charge in [-0.2, -0.15) is 0 Å². The number of rotatable bonds is 4. The first kappa shape index (κ1) is 22.2. The van der Waals surface area contributed by atoms with Crippen LogP contribution in [0.25, 0.3) is 0 Å². The topological polar surface area (TPSA) is 52.6 Å². The number of hydrogen-bond donors (Lipinski definition) is 0. The van der Waals surface area contributed by atoms with Crippen LogP contribution in [0.15, 0.2) is 59.1 Å². The van der Waals surface area contributed by atoms with E-state index in [1.54, 1.807) is 24.3 Å². The third kappa shape index (κ3) is 4.20. The van der Waals surface area contributed by atoms with Crippen LogP contribution in [0.5, 0.6) is 5.75 Å². The van der Waals surface area contributed by atoms with E-state index < -0.39 is 5.92 Å². The van der Waals surface area contributed by atoms with E-state index >= 15 is 0 Å². The van der Waals surface area contributed by atoms with Crippen molar-refractivity contribution in [2.75, 3.05) is 0 Å². The first-order valence-corrected chi connectivity index (χ1v) is 11.7. The van der Waals surface area contributed by atoms with Crippen molar-refractivity contribution in [2.24, 2.45) is 0 Å². The lowest BCUT2D eigenvalue weighted by Gasteiger charge is -2.36. The molecule has 4 nitrogen and oxygen atoms in total. The average molecular weight is 487 g/mol. The fourth-order valence-corrected chi connectivity index (χ4v) is 5.42. The van der Waals surface area contributed by atoms with Crippen molar-refractivity contribution in [3.8, 4) is 5.75 Å². The lowest BCUT2D eigenvalue weighted by molar-refractivity contribution is -0.117. The van der Waals surface area contributed by atoms with Gasteiger partial charge in [-0.05, 0) is 42.7 Å². The van der Waals surface area contributed by atoms with Crippen molar-refractivity contribution in [1.82, 2.24) is 0 Å². The lowest BCUT2D eigenvalue weighted by atomic mass is 9.73. The largest absolute Gasteiger partial charge is 0.487 e. The molecule has 1 aliphatic heterocycles. The van der Waals surface area contributed by atoms with Crippen molar-refractivity contribution < 1.29 is 23.5 Å². The van der Waals surface area contributed by atoms with Gasteiger partial charge in [0.05, 0.1) is 10.9 Å². The quantitative estimate of drug-likeness (QED) is 0.474. The number of Topliss-reactive ketones (excluding diaryl/α,β-unsaturated/α-hetero) is 2. The Morgan fingerprint density at radius 1 is 0.939 bits per heavy atom. The zero-order valence-electron chi connectivity index (χ0n) is 17.8. The van der Waals surface area contributed by atoms with Gasteiger partial charge in [-0.3, -0.25) is 9.59 Å². The normalized spacial score (nSPS) is 18.8. The summed E-state index contributed by atoms with van der Waals surface area (Å²) in [6.45, 7) is 0.0645. The van der Waals surface area contributed by atoms with Gasteiger partial charge in [0.1, 0.15) is 29.7 Å². The minimum absolute atomic E-state index is 0.0432. The highest BCUT2D eigenvalue weighted by Gasteiger charge is 2.43. The number of benzene rings is 2. The summed E-state index contributed by atoms with van der Waals surface area (Å²) in [5, 5.41) is 0.631. The first-order valence-electron chi connectivity index (χ1n) is 11.0. The second-order valence-corrected chi connectivity index (χ2v) is 9.33. The number of halogens is 3. The Balaban J connectivity index is 1.64. The fourth-order valence-electron chi connectivity index (χ4n) is 4.86. The van der Waals surface area contributed by atoms with Crippen LogP contribution in [0, 0.1) is 5.82 Å².